The molecule has 0 N–H and O–H groups in total. The second-order valence-electron chi connectivity index (χ2n) is 4.53. The molecule has 0 saturated heterocycles. The maximum atomic E-state index is 6.19. The van der Waals surface area contributed by atoms with Crippen molar-refractivity contribution in [3.8, 4) is 0 Å². The predicted octanol–water partition coefficient (Wildman–Crippen LogP) is 2.83. The van der Waals surface area contributed by atoms with Gasteiger partial charge in [0.15, 0.2) is 0 Å². The molecule has 2 aromatic rings. The van der Waals surface area contributed by atoms with Crippen molar-refractivity contribution in [3.63, 3.8) is 0 Å². The summed E-state index contributed by atoms with van der Waals surface area (Å²) >= 11 is 4.43. The Bertz CT molecular complexity index is 628. The van der Waals surface area contributed by atoms with Gasteiger partial charge in [0.25, 0.3) is 0 Å². The second kappa shape index (κ2) is 4.42. The van der Waals surface area contributed by atoms with Crippen LogP contribution in [-0.2, 0) is 20.9 Å². The monoisotopic (exact) mass is 448 g/mol. The van der Waals surface area contributed by atoms with Gasteiger partial charge in [0.05, 0.1) is 0 Å². The van der Waals surface area contributed by atoms with Gasteiger partial charge in [-0.25, -0.2) is 0 Å². The summed E-state index contributed by atoms with van der Waals surface area (Å²) in [4.78, 5) is 0. The van der Waals surface area contributed by atoms with Gasteiger partial charge in [-0.05, 0) is 0 Å². The van der Waals surface area contributed by atoms with Crippen LogP contribution in [-0.4, -0.2) is 13.5 Å². The molecule has 2 nitrogen and oxygen atoms in total. The first-order valence-corrected chi connectivity index (χ1v) is 10.6. The van der Waals surface area contributed by atoms with Gasteiger partial charge < -0.3 is 0 Å². The zero-order valence-electron chi connectivity index (χ0n) is 9.86. The van der Waals surface area contributed by atoms with Gasteiger partial charge in [-0.3, -0.25) is 0 Å². The van der Waals surface area contributed by atoms with E-state index in [0.29, 0.717) is 13.2 Å². The van der Waals surface area contributed by atoms with Crippen LogP contribution in [0.2, 0.25) is 0 Å². The van der Waals surface area contributed by atoms with Crippen LogP contribution in [0.25, 0.3) is 0 Å². The standard InChI is InChI=1S/C14H10Br2O2Se/c15-11-1-3-13-9(5-11)7-17-19(13)14-4-2-12(16)6-10(14)8-18-19/h1-6H,7-8H2. The van der Waals surface area contributed by atoms with Crippen molar-refractivity contribution in [1.29, 1.82) is 0 Å². The Kier molecular flexibility index (Phi) is 2.92. The van der Waals surface area contributed by atoms with E-state index in [0.717, 1.165) is 8.95 Å². The molecule has 0 radical (unpaired) electrons. The molecule has 2 aromatic carbocycles. The Balaban J connectivity index is 1.92. The molecule has 0 amide bonds. The van der Waals surface area contributed by atoms with E-state index in [4.69, 9.17) is 7.64 Å². The first-order valence-electron chi connectivity index (χ1n) is 5.88. The summed E-state index contributed by atoms with van der Waals surface area (Å²) in [7, 11) is 0. The molecule has 0 unspecified atom stereocenters. The topological polar surface area (TPSA) is 18.5 Å². The van der Waals surface area contributed by atoms with Crippen molar-refractivity contribution in [3.05, 3.63) is 56.5 Å². The van der Waals surface area contributed by atoms with Crippen molar-refractivity contribution >= 4 is 54.3 Å². The van der Waals surface area contributed by atoms with Crippen molar-refractivity contribution in [2.45, 2.75) is 13.2 Å². The Morgan fingerprint density at radius 2 is 1.26 bits per heavy atom. The molecule has 0 aromatic heterocycles. The van der Waals surface area contributed by atoms with Crippen molar-refractivity contribution in [1.82, 2.24) is 0 Å². The Morgan fingerprint density at radius 1 is 0.789 bits per heavy atom. The van der Waals surface area contributed by atoms with Crippen molar-refractivity contribution < 1.29 is 7.64 Å². The summed E-state index contributed by atoms with van der Waals surface area (Å²) in [5, 5.41) is 0. The number of hydrogen-bond donors (Lipinski definition) is 0. The number of hydrogen-bond acceptors (Lipinski definition) is 2. The SMILES string of the molecule is Brc1ccc2c(c1)CO[Se]21OCc2cc(Br)ccc21. The molecule has 0 aliphatic carbocycles. The van der Waals surface area contributed by atoms with Crippen LogP contribution >= 0.6 is 31.9 Å². The summed E-state index contributed by atoms with van der Waals surface area (Å²) in [6.45, 7) is 1.31. The molecule has 2 aliphatic heterocycles. The van der Waals surface area contributed by atoms with Crippen LogP contribution in [0.5, 0.6) is 0 Å². The number of rotatable bonds is 0. The molecule has 2 aliphatic rings. The van der Waals surface area contributed by atoms with Crippen LogP contribution in [0, 0.1) is 0 Å². The predicted molar refractivity (Wildman–Crippen MR) is 82.9 cm³/mol. The molecule has 98 valence electrons. The van der Waals surface area contributed by atoms with E-state index in [1.54, 1.807) is 0 Å². The molecular formula is C14H10Br2O2Se. The molecule has 0 saturated carbocycles. The molecule has 0 bridgehead atoms. The van der Waals surface area contributed by atoms with Gasteiger partial charge in [0.2, 0.25) is 0 Å². The maximum absolute atomic E-state index is 6.19. The van der Waals surface area contributed by atoms with Crippen LogP contribution in [0.1, 0.15) is 11.1 Å². The van der Waals surface area contributed by atoms with E-state index in [9.17, 15) is 0 Å². The first-order chi connectivity index (χ1) is 9.19. The third-order valence-corrected chi connectivity index (χ3v) is 10.4. The van der Waals surface area contributed by atoms with E-state index in [-0.39, 0.29) is 0 Å². The third-order valence-electron chi connectivity index (χ3n) is 3.38. The quantitative estimate of drug-likeness (QED) is 0.577. The van der Waals surface area contributed by atoms with Crippen LogP contribution in [0.15, 0.2) is 45.3 Å². The van der Waals surface area contributed by atoms with Crippen LogP contribution < -0.4 is 8.92 Å². The Morgan fingerprint density at radius 3 is 1.74 bits per heavy atom. The van der Waals surface area contributed by atoms with E-state index in [1.807, 2.05) is 0 Å². The number of benzene rings is 2. The van der Waals surface area contributed by atoms with Gasteiger partial charge in [0, 0.05) is 0 Å². The van der Waals surface area contributed by atoms with Crippen LogP contribution in [0.4, 0.5) is 0 Å². The average molecular weight is 449 g/mol. The van der Waals surface area contributed by atoms with Gasteiger partial charge >= 0.3 is 132 Å². The molecule has 4 rings (SSSR count). The zero-order chi connectivity index (χ0) is 13.0. The average Bonchev–Trinajstić information content (AvgIpc) is 2.93. The Hall–Kier alpha value is -0.161. The summed E-state index contributed by atoms with van der Waals surface area (Å²) in [5.41, 5.74) is 2.51. The van der Waals surface area contributed by atoms with E-state index in [2.05, 4.69) is 68.3 Å². The molecule has 0 atom stereocenters. The fourth-order valence-corrected chi connectivity index (χ4v) is 9.28. The molecule has 1 spiro atoms. The fourth-order valence-electron chi connectivity index (χ4n) is 2.55. The minimum atomic E-state index is -2.61. The number of fused-ring (bicyclic) bond motifs is 4. The number of halogens is 2. The summed E-state index contributed by atoms with van der Waals surface area (Å²) in [6.07, 6.45) is 0. The van der Waals surface area contributed by atoms with Gasteiger partial charge in [-0.1, -0.05) is 0 Å². The first kappa shape index (κ1) is 12.6. The Labute approximate surface area is 131 Å². The molecule has 0 fully saturated rings. The van der Waals surface area contributed by atoms with Crippen LogP contribution in [0.3, 0.4) is 0 Å². The van der Waals surface area contributed by atoms with Gasteiger partial charge in [-0.2, -0.15) is 0 Å². The molecule has 2 heterocycles. The normalized spacial score (nSPS) is 20.3. The molecule has 5 heteroatoms. The third kappa shape index (κ3) is 1.80. The fraction of sp³-hybridized carbons (Fsp3) is 0.143. The van der Waals surface area contributed by atoms with Gasteiger partial charge in [0.1, 0.15) is 0 Å². The van der Waals surface area contributed by atoms with E-state index in [1.165, 1.54) is 20.1 Å². The van der Waals surface area contributed by atoms with Crippen molar-refractivity contribution in [2.24, 2.45) is 0 Å². The van der Waals surface area contributed by atoms with Gasteiger partial charge in [-0.15, -0.1) is 0 Å². The summed E-state index contributed by atoms with van der Waals surface area (Å²) in [6, 6.07) is 12.7. The summed E-state index contributed by atoms with van der Waals surface area (Å²) < 4.78 is 17.1. The van der Waals surface area contributed by atoms with E-state index < -0.39 is 13.5 Å². The summed E-state index contributed by atoms with van der Waals surface area (Å²) in [5.74, 6) is 0. The van der Waals surface area contributed by atoms with E-state index >= 15 is 0 Å². The molecule has 19 heavy (non-hydrogen) atoms. The van der Waals surface area contributed by atoms with Crippen molar-refractivity contribution in [2.75, 3.05) is 0 Å². The minimum absolute atomic E-state index is 0.657. The second-order valence-corrected chi connectivity index (χ2v) is 11.3. The molecular weight excluding hydrogens is 439 g/mol. The zero-order valence-corrected chi connectivity index (χ0v) is 14.7.